The standard InChI is InChI=1S/C18H26FN3O.HI/c1-2-20-16(22-13-18(23)7-4-8-18)21-12-17(9-10-17)14-5-3-6-15(19)11-14;/h3,5-6,11,23H,2,4,7-10,12-13H2,1H3,(H2,20,21,22);1H. The maximum absolute atomic E-state index is 13.5. The van der Waals surface area contributed by atoms with Gasteiger partial charge in [-0.2, -0.15) is 0 Å². The zero-order valence-corrected chi connectivity index (χ0v) is 16.5. The smallest absolute Gasteiger partial charge is 0.191 e. The maximum Gasteiger partial charge on any atom is 0.191 e. The van der Waals surface area contributed by atoms with Crippen molar-refractivity contribution in [2.75, 3.05) is 19.6 Å². The Kier molecular flexibility index (Phi) is 6.47. The second-order valence-electron chi connectivity index (χ2n) is 6.92. The second kappa shape index (κ2) is 7.99. The summed E-state index contributed by atoms with van der Waals surface area (Å²) in [5, 5.41) is 16.8. The first-order valence-corrected chi connectivity index (χ1v) is 8.56. The number of aliphatic hydroxyl groups is 1. The van der Waals surface area contributed by atoms with Crippen LogP contribution in [-0.2, 0) is 5.41 Å². The molecular weight excluding hydrogens is 420 g/mol. The highest BCUT2D eigenvalue weighted by Crippen LogP contribution is 2.47. The SMILES string of the molecule is CCNC(=NCC1(O)CCC1)NCC1(c2cccc(F)c2)CC1.I. The Bertz CT molecular complexity index is 585. The van der Waals surface area contributed by atoms with Crippen molar-refractivity contribution in [2.24, 2.45) is 4.99 Å². The van der Waals surface area contributed by atoms with E-state index < -0.39 is 5.60 Å². The fourth-order valence-electron chi connectivity index (χ4n) is 3.10. The van der Waals surface area contributed by atoms with Gasteiger partial charge in [0.1, 0.15) is 5.82 Å². The van der Waals surface area contributed by atoms with Crippen molar-refractivity contribution in [3.8, 4) is 0 Å². The molecule has 2 aliphatic rings. The van der Waals surface area contributed by atoms with E-state index in [1.54, 1.807) is 12.1 Å². The highest BCUT2D eigenvalue weighted by atomic mass is 127. The van der Waals surface area contributed by atoms with Crippen LogP contribution >= 0.6 is 24.0 Å². The van der Waals surface area contributed by atoms with Crippen LogP contribution in [0.3, 0.4) is 0 Å². The number of aliphatic imine (C=N–C) groups is 1. The lowest BCUT2D eigenvalue weighted by molar-refractivity contribution is -0.0236. The van der Waals surface area contributed by atoms with E-state index in [-0.39, 0.29) is 35.2 Å². The molecule has 134 valence electrons. The van der Waals surface area contributed by atoms with Crippen molar-refractivity contribution >= 4 is 29.9 Å². The van der Waals surface area contributed by atoms with Gasteiger partial charge in [0.25, 0.3) is 0 Å². The molecule has 0 atom stereocenters. The van der Waals surface area contributed by atoms with Gasteiger partial charge in [0, 0.05) is 18.5 Å². The Labute approximate surface area is 160 Å². The fraction of sp³-hybridized carbons (Fsp3) is 0.611. The third-order valence-electron chi connectivity index (χ3n) is 5.04. The number of guanidine groups is 1. The number of benzene rings is 1. The number of nitrogens with zero attached hydrogens (tertiary/aromatic N) is 1. The molecule has 0 aromatic heterocycles. The zero-order chi connectivity index (χ0) is 16.3. The lowest BCUT2D eigenvalue weighted by Crippen LogP contribution is -2.44. The van der Waals surface area contributed by atoms with Gasteiger partial charge < -0.3 is 15.7 Å². The van der Waals surface area contributed by atoms with Crippen LogP contribution in [0.2, 0.25) is 0 Å². The number of nitrogens with one attached hydrogen (secondary N) is 2. The summed E-state index contributed by atoms with van der Waals surface area (Å²) in [5.41, 5.74) is 0.465. The van der Waals surface area contributed by atoms with Crippen LogP contribution in [0, 0.1) is 5.82 Å². The van der Waals surface area contributed by atoms with Crippen molar-refractivity contribution in [2.45, 2.75) is 50.0 Å². The van der Waals surface area contributed by atoms with E-state index in [1.165, 1.54) is 6.07 Å². The van der Waals surface area contributed by atoms with Crippen LogP contribution in [0.15, 0.2) is 29.3 Å². The average molecular weight is 447 g/mol. The van der Waals surface area contributed by atoms with Crippen LogP contribution in [0.1, 0.15) is 44.6 Å². The summed E-state index contributed by atoms with van der Waals surface area (Å²) in [5.74, 6) is 0.553. The Balaban J connectivity index is 0.00000208. The average Bonchev–Trinajstić information content (AvgIpc) is 3.29. The first kappa shape index (κ1) is 19.4. The minimum atomic E-state index is -0.609. The zero-order valence-electron chi connectivity index (χ0n) is 14.1. The molecule has 0 spiro atoms. The molecule has 0 saturated heterocycles. The summed E-state index contributed by atoms with van der Waals surface area (Å²) in [6.07, 6.45) is 4.88. The third-order valence-corrected chi connectivity index (χ3v) is 5.04. The predicted molar refractivity (Wildman–Crippen MR) is 106 cm³/mol. The molecule has 1 aromatic carbocycles. The second-order valence-corrected chi connectivity index (χ2v) is 6.92. The molecule has 2 fully saturated rings. The number of hydrogen-bond acceptors (Lipinski definition) is 2. The summed E-state index contributed by atoms with van der Waals surface area (Å²) >= 11 is 0. The molecule has 2 saturated carbocycles. The van der Waals surface area contributed by atoms with Crippen LogP contribution in [0.5, 0.6) is 0 Å². The maximum atomic E-state index is 13.5. The molecule has 3 rings (SSSR count). The molecule has 0 heterocycles. The van der Waals surface area contributed by atoms with E-state index in [0.717, 1.165) is 56.7 Å². The van der Waals surface area contributed by atoms with E-state index in [0.29, 0.717) is 6.54 Å². The van der Waals surface area contributed by atoms with Crippen LogP contribution in [-0.4, -0.2) is 36.3 Å². The van der Waals surface area contributed by atoms with Crippen molar-refractivity contribution < 1.29 is 9.50 Å². The van der Waals surface area contributed by atoms with Gasteiger partial charge in [-0.25, -0.2) is 4.39 Å². The number of hydrogen-bond donors (Lipinski definition) is 3. The Morgan fingerprint density at radius 3 is 2.54 bits per heavy atom. The van der Waals surface area contributed by atoms with Crippen LogP contribution in [0.25, 0.3) is 0 Å². The van der Waals surface area contributed by atoms with Crippen molar-refractivity contribution in [3.63, 3.8) is 0 Å². The van der Waals surface area contributed by atoms with Crippen LogP contribution in [0.4, 0.5) is 4.39 Å². The van der Waals surface area contributed by atoms with E-state index >= 15 is 0 Å². The molecule has 3 N–H and O–H groups in total. The molecule has 0 unspecified atom stereocenters. The molecule has 1 aromatic rings. The molecule has 0 aliphatic heterocycles. The first-order valence-electron chi connectivity index (χ1n) is 8.56. The van der Waals surface area contributed by atoms with Crippen LogP contribution < -0.4 is 10.6 Å². The van der Waals surface area contributed by atoms with Gasteiger partial charge in [0.2, 0.25) is 0 Å². The highest BCUT2D eigenvalue weighted by Gasteiger charge is 2.44. The lowest BCUT2D eigenvalue weighted by atomic mass is 9.80. The first-order chi connectivity index (χ1) is 11.1. The number of halogens is 2. The summed E-state index contributed by atoms with van der Waals surface area (Å²) in [4.78, 5) is 4.52. The Morgan fingerprint density at radius 1 is 1.25 bits per heavy atom. The Morgan fingerprint density at radius 2 is 2.00 bits per heavy atom. The quantitative estimate of drug-likeness (QED) is 0.357. The summed E-state index contributed by atoms with van der Waals surface area (Å²) in [7, 11) is 0. The van der Waals surface area contributed by atoms with E-state index in [9.17, 15) is 9.50 Å². The summed E-state index contributed by atoms with van der Waals surface area (Å²) in [6.45, 7) is 3.97. The van der Waals surface area contributed by atoms with E-state index in [2.05, 4.69) is 15.6 Å². The van der Waals surface area contributed by atoms with Crippen molar-refractivity contribution in [1.82, 2.24) is 10.6 Å². The molecule has 0 radical (unpaired) electrons. The molecule has 4 nitrogen and oxygen atoms in total. The molecule has 0 amide bonds. The van der Waals surface area contributed by atoms with Gasteiger partial charge in [-0.1, -0.05) is 12.1 Å². The predicted octanol–water partition coefficient (Wildman–Crippen LogP) is 2.95. The molecule has 0 bridgehead atoms. The monoisotopic (exact) mass is 447 g/mol. The van der Waals surface area contributed by atoms with Gasteiger partial charge in [0.15, 0.2) is 5.96 Å². The van der Waals surface area contributed by atoms with Gasteiger partial charge in [-0.15, -0.1) is 24.0 Å². The van der Waals surface area contributed by atoms with E-state index in [1.807, 2.05) is 13.0 Å². The summed E-state index contributed by atoms with van der Waals surface area (Å²) in [6, 6.07) is 6.89. The van der Waals surface area contributed by atoms with Gasteiger partial charge in [-0.05, 0) is 56.7 Å². The molecule has 6 heteroatoms. The highest BCUT2D eigenvalue weighted by molar-refractivity contribution is 14.0. The molecule has 2 aliphatic carbocycles. The normalized spacial score (nSPS) is 20.5. The van der Waals surface area contributed by atoms with Gasteiger partial charge in [-0.3, -0.25) is 4.99 Å². The largest absolute Gasteiger partial charge is 0.388 e. The molecular formula is C18H27FIN3O. The van der Waals surface area contributed by atoms with E-state index in [4.69, 9.17) is 0 Å². The number of rotatable bonds is 6. The fourth-order valence-corrected chi connectivity index (χ4v) is 3.10. The summed E-state index contributed by atoms with van der Waals surface area (Å²) < 4.78 is 13.5. The van der Waals surface area contributed by atoms with Gasteiger partial charge >= 0.3 is 0 Å². The minimum Gasteiger partial charge on any atom is -0.388 e. The third kappa shape index (κ3) is 4.59. The minimum absolute atomic E-state index is 0. The topological polar surface area (TPSA) is 56.7 Å². The van der Waals surface area contributed by atoms with Crippen molar-refractivity contribution in [3.05, 3.63) is 35.6 Å². The van der Waals surface area contributed by atoms with Gasteiger partial charge in [0.05, 0.1) is 12.1 Å². The van der Waals surface area contributed by atoms with Crippen molar-refractivity contribution in [1.29, 1.82) is 0 Å². The Hall–Kier alpha value is -0.890. The lowest BCUT2D eigenvalue weighted by Gasteiger charge is -2.35. The molecule has 24 heavy (non-hydrogen) atoms.